The molecule has 0 heterocycles. The lowest BCUT2D eigenvalue weighted by atomic mass is 10.0. The minimum atomic E-state index is -7.69. The van der Waals surface area contributed by atoms with Crippen LogP contribution in [0.1, 0.15) is 125 Å². The van der Waals surface area contributed by atoms with E-state index in [-0.39, 0.29) is 0 Å². The summed E-state index contributed by atoms with van der Waals surface area (Å²) in [6.07, 6.45) is -39.9. The first-order valence-electron chi connectivity index (χ1n) is 21.6. The van der Waals surface area contributed by atoms with E-state index in [1.54, 1.807) is 0 Å². The lowest BCUT2D eigenvalue weighted by Crippen LogP contribution is -2.17. The lowest BCUT2D eigenvalue weighted by Gasteiger charge is -2.27. The van der Waals surface area contributed by atoms with Crippen molar-refractivity contribution in [1.82, 2.24) is 0 Å². The second-order valence-corrected chi connectivity index (χ2v) is 3.84. The Morgan fingerprint density at radius 3 is 1.90 bits per heavy atom. The van der Waals surface area contributed by atoms with Crippen LogP contribution in [0.3, 0.4) is 0 Å². The summed E-state index contributed by atoms with van der Waals surface area (Å²) in [5.74, 6) is -10.9. The van der Waals surface area contributed by atoms with E-state index in [2.05, 4.69) is 9.05 Å². The topological polar surface area (TPSA) is 58.6 Å². The van der Waals surface area contributed by atoms with Gasteiger partial charge in [0.2, 0.25) is 0 Å². The molecule has 128 valence electrons. The third-order valence-corrected chi connectivity index (χ3v) is 1.90. The average molecular weight is 356 g/mol. The molecule has 0 amide bonds. The number of rotatable bonds is 14. The van der Waals surface area contributed by atoms with E-state index >= 15 is 0 Å². The molecular formula is C16H34O4P-. The molecule has 21 heavy (non-hydrogen) atoms. The van der Waals surface area contributed by atoms with Crippen molar-refractivity contribution in [3.8, 4) is 0 Å². The molecule has 0 aromatic rings. The van der Waals surface area contributed by atoms with Gasteiger partial charge >= 0.3 is 0 Å². The summed E-state index contributed by atoms with van der Waals surface area (Å²) in [5.41, 5.74) is 0. The molecule has 0 rings (SSSR count). The van der Waals surface area contributed by atoms with E-state index in [0.717, 1.165) is 0 Å². The van der Waals surface area contributed by atoms with Gasteiger partial charge in [-0.1, -0.05) is 65.6 Å². The Labute approximate surface area is 179 Å². The SMILES string of the molecule is [2H]C([2H])([2H])C([2H])([2H])C([2H])([2H])C([2H])([2H])C([2H])(C([2H])([2H])OP(=O)([O-])OC([2H])([2H])C([2H])(C([2H])([2H])C([2H])([2H])[2H])C([2H])([2H])C([2H])([2H])C([2H])([2H])C([2H])([2H])[2H])C([2H])([2H])C([2H])([2H])[2H]. The minimum Gasteiger partial charge on any atom is -0.756 e. The van der Waals surface area contributed by atoms with Crippen LogP contribution in [0.15, 0.2) is 0 Å². The first-order valence-corrected chi connectivity index (χ1v) is 6.10. The van der Waals surface area contributed by atoms with Crippen LogP contribution >= 0.6 is 7.82 Å². The molecule has 0 saturated heterocycles. The fourth-order valence-corrected chi connectivity index (χ4v) is 1.02. The largest absolute Gasteiger partial charge is 0.756 e. The van der Waals surface area contributed by atoms with Crippen molar-refractivity contribution >= 4 is 7.82 Å². The van der Waals surface area contributed by atoms with Crippen LogP contribution in [0.4, 0.5) is 0 Å². The quantitative estimate of drug-likeness (QED) is 0.415. The highest BCUT2D eigenvalue weighted by atomic mass is 31.2. The van der Waals surface area contributed by atoms with Crippen LogP contribution in [-0.2, 0) is 13.6 Å². The van der Waals surface area contributed by atoms with E-state index in [1.165, 1.54) is 0 Å². The molecule has 2 unspecified atom stereocenters. The van der Waals surface area contributed by atoms with Crippen LogP contribution < -0.4 is 4.89 Å². The minimum absolute atomic E-state index is 3.80. The molecule has 0 aliphatic heterocycles. The Bertz CT molecular complexity index is 1340. The van der Waals surface area contributed by atoms with Crippen molar-refractivity contribution in [1.29, 1.82) is 0 Å². The normalized spacial score (nSPS) is 53.6. The molecule has 0 bridgehead atoms. The molecule has 0 N–H and O–H groups in total. The van der Waals surface area contributed by atoms with Gasteiger partial charge in [-0.3, -0.25) is 4.57 Å². The van der Waals surface area contributed by atoms with E-state index in [9.17, 15) is 9.46 Å². The molecule has 0 aliphatic rings. The fourth-order valence-electron chi connectivity index (χ4n) is 0.574. The predicted molar refractivity (Wildman–Crippen MR) is 86.1 cm³/mol. The van der Waals surface area contributed by atoms with Gasteiger partial charge in [-0.25, -0.2) is 0 Å². The predicted octanol–water partition coefficient (Wildman–Crippen LogP) is 4.92. The molecule has 0 spiro atoms. The molecular weight excluding hydrogens is 287 g/mol. The van der Waals surface area contributed by atoms with Crippen LogP contribution in [0.5, 0.6) is 0 Å². The summed E-state index contributed by atoms with van der Waals surface area (Å²) in [7, 11) is -7.69. The zero-order chi connectivity index (χ0) is 45.9. The van der Waals surface area contributed by atoms with Crippen molar-refractivity contribution in [2.75, 3.05) is 13.1 Å². The second kappa shape index (κ2) is 12.6. The van der Waals surface area contributed by atoms with E-state index in [0.29, 0.717) is 0 Å². The van der Waals surface area contributed by atoms with Crippen LogP contribution in [0.25, 0.3) is 0 Å². The number of hydrogen-bond donors (Lipinski definition) is 0. The standard InChI is InChI=1S/C16H35O4P/c1-5-9-11-15(7-3)13-19-21(17,18)20-14-16(8-4)12-10-6-2/h15-16H,5-14H2,1-4H3,(H,17,18)/p-1/i1D3,2D3,3D3,4D3,5D2,6D2,7D2,8D2,9D2,10D2,11D2,12D2,13D2,14D2,15D,16D. The maximum Gasteiger partial charge on any atom is 0.267 e. The molecule has 0 saturated carbocycles. The summed E-state index contributed by atoms with van der Waals surface area (Å²) >= 11 is 0. The highest BCUT2D eigenvalue weighted by Gasteiger charge is 2.16. The van der Waals surface area contributed by atoms with Gasteiger partial charge in [0.05, 0.1) is 18.6 Å². The van der Waals surface area contributed by atoms with Crippen molar-refractivity contribution in [2.24, 2.45) is 11.8 Å². The van der Waals surface area contributed by atoms with Gasteiger partial charge in [0.25, 0.3) is 7.82 Å². The van der Waals surface area contributed by atoms with Crippen LogP contribution in [0, 0.1) is 11.8 Å². The maximum absolute atomic E-state index is 13.2. The second-order valence-electron chi connectivity index (χ2n) is 2.58. The highest BCUT2D eigenvalue weighted by molar-refractivity contribution is 7.45. The lowest BCUT2D eigenvalue weighted by molar-refractivity contribution is -0.227. The molecule has 2 atom stereocenters. The van der Waals surface area contributed by atoms with Crippen molar-refractivity contribution in [3.05, 3.63) is 0 Å². The van der Waals surface area contributed by atoms with Crippen molar-refractivity contribution < 1.29 is 65.1 Å². The first kappa shape index (κ1) is 2.92. The first-order chi connectivity index (χ1) is 22.9. The zero-order valence-corrected chi connectivity index (χ0v) is 11.0. The van der Waals surface area contributed by atoms with Gasteiger partial charge in [0.1, 0.15) is 0 Å². The molecule has 0 radical (unpaired) electrons. The third kappa shape index (κ3) is 11.3. The van der Waals surface area contributed by atoms with E-state index in [4.69, 9.17) is 46.6 Å². The Morgan fingerprint density at radius 1 is 1.05 bits per heavy atom. The summed E-state index contributed by atoms with van der Waals surface area (Å²) < 4.78 is 286. The van der Waals surface area contributed by atoms with Crippen LogP contribution in [0.2, 0.25) is 0 Å². The summed E-state index contributed by atoms with van der Waals surface area (Å²) in [6.45, 7) is -28.8. The Balaban J connectivity index is 8.27. The number of phosphoric ester groups is 1. The Morgan fingerprint density at radius 2 is 1.52 bits per heavy atom. The number of hydrogen-bond acceptors (Lipinski definition) is 4. The van der Waals surface area contributed by atoms with Gasteiger partial charge in [-0.05, 0) is 24.5 Å². The van der Waals surface area contributed by atoms with Gasteiger partial charge < -0.3 is 13.9 Å². The van der Waals surface area contributed by atoms with Crippen molar-refractivity contribution in [3.63, 3.8) is 0 Å². The fraction of sp³-hybridized carbons (Fsp3) is 1.00. The molecule has 0 aliphatic carbocycles. The third-order valence-electron chi connectivity index (χ3n) is 1.27. The summed E-state index contributed by atoms with van der Waals surface area (Å²) in [6, 6.07) is 0. The summed E-state index contributed by atoms with van der Waals surface area (Å²) in [5, 5.41) is 0. The monoisotopic (exact) mass is 355 g/mol. The molecule has 5 heteroatoms. The Hall–Kier alpha value is 0.110. The molecule has 0 aromatic carbocycles. The van der Waals surface area contributed by atoms with Crippen molar-refractivity contribution in [2.45, 2.75) is 78.4 Å². The average Bonchev–Trinajstić information content (AvgIpc) is 2.86. The zero-order valence-electron chi connectivity index (χ0n) is 44.1. The highest BCUT2D eigenvalue weighted by Crippen LogP contribution is 2.40. The maximum atomic E-state index is 13.2. The molecule has 0 aromatic heterocycles. The molecule has 4 nitrogen and oxygen atoms in total. The van der Waals surface area contributed by atoms with Gasteiger partial charge in [0.15, 0.2) is 0 Å². The summed E-state index contributed by atoms with van der Waals surface area (Å²) in [4.78, 5) is 13.2. The van der Waals surface area contributed by atoms with Gasteiger partial charge in [-0.15, -0.1) is 0 Å². The van der Waals surface area contributed by atoms with E-state index < -0.39 is 111 Å². The Kier molecular flexibility index (Phi) is 1.75. The smallest absolute Gasteiger partial charge is 0.267 e. The number of phosphoric acid groups is 1. The van der Waals surface area contributed by atoms with Gasteiger partial charge in [-0.2, -0.15) is 0 Å². The van der Waals surface area contributed by atoms with E-state index in [1.807, 2.05) is 0 Å². The van der Waals surface area contributed by atoms with Crippen LogP contribution in [-0.4, -0.2) is 13.1 Å². The van der Waals surface area contributed by atoms with Gasteiger partial charge in [0, 0.05) is 41.1 Å². The molecule has 0 fully saturated rings.